The molecule has 0 aliphatic heterocycles. The molecule has 1 heterocycles. The predicted octanol–water partition coefficient (Wildman–Crippen LogP) is 12.4. The molecule has 48 heavy (non-hydrogen) atoms. The SMILES string of the molecule is C1=CC(c2ccc(N(c3ccccc3-c3ccccc3)C3CC=C(c4ccccc4)CC3)cc2)Cc2c1ccc1oc3ccccc3c21. The molecule has 7 aromatic rings. The van der Waals surface area contributed by atoms with E-state index in [4.69, 9.17) is 4.42 Å². The number of fused-ring (bicyclic) bond motifs is 5. The molecule has 2 unspecified atom stereocenters. The Morgan fingerprint density at radius 1 is 0.625 bits per heavy atom. The van der Waals surface area contributed by atoms with Crippen molar-refractivity contribution in [1.29, 1.82) is 0 Å². The van der Waals surface area contributed by atoms with E-state index in [0.29, 0.717) is 12.0 Å². The van der Waals surface area contributed by atoms with Gasteiger partial charge in [-0.3, -0.25) is 0 Å². The van der Waals surface area contributed by atoms with Crippen LogP contribution in [-0.4, -0.2) is 6.04 Å². The van der Waals surface area contributed by atoms with E-state index in [-0.39, 0.29) is 0 Å². The standard InChI is InChI=1S/C46H37NO/c1-3-11-32(12-4-1)33-21-26-38(27-22-33)47(43-17-9-7-15-40(43)35-13-5-2-6-14-35)39-28-23-34(24-29-39)37-20-19-36-25-30-45-46(42(36)31-37)41-16-8-10-18-44(41)48-45/h1-21,23-25,28-30,37-38H,22,26-27,31H2. The van der Waals surface area contributed by atoms with Crippen LogP contribution in [0.1, 0.15) is 47.4 Å². The highest BCUT2D eigenvalue weighted by Gasteiger charge is 2.27. The molecular formula is C46H37NO. The van der Waals surface area contributed by atoms with Gasteiger partial charge in [-0.2, -0.15) is 0 Å². The zero-order valence-corrected chi connectivity index (χ0v) is 26.9. The minimum absolute atomic E-state index is 0.307. The van der Waals surface area contributed by atoms with Gasteiger partial charge in [-0.1, -0.05) is 133 Å². The van der Waals surface area contributed by atoms with Crippen molar-refractivity contribution in [3.8, 4) is 11.1 Å². The van der Waals surface area contributed by atoms with Crippen LogP contribution in [0.2, 0.25) is 0 Å². The van der Waals surface area contributed by atoms with Crippen LogP contribution >= 0.6 is 0 Å². The van der Waals surface area contributed by atoms with Crippen LogP contribution in [0.3, 0.4) is 0 Å². The molecule has 0 fully saturated rings. The summed E-state index contributed by atoms with van der Waals surface area (Å²) in [7, 11) is 0. The summed E-state index contributed by atoms with van der Waals surface area (Å²) in [6.07, 6.45) is 11.3. The molecule has 0 spiro atoms. The van der Waals surface area contributed by atoms with E-state index >= 15 is 0 Å². The van der Waals surface area contributed by atoms with E-state index in [0.717, 1.165) is 36.8 Å². The van der Waals surface area contributed by atoms with E-state index in [1.807, 2.05) is 0 Å². The lowest BCUT2D eigenvalue weighted by molar-refractivity contribution is 0.598. The first-order chi connectivity index (χ1) is 23.8. The molecule has 0 amide bonds. The van der Waals surface area contributed by atoms with E-state index in [2.05, 4.69) is 169 Å². The largest absolute Gasteiger partial charge is 0.456 e. The van der Waals surface area contributed by atoms with Crippen molar-refractivity contribution in [1.82, 2.24) is 0 Å². The maximum atomic E-state index is 6.24. The molecular weight excluding hydrogens is 583 g/mol. The molecule has 0 radical (unpaired) electrons. The summed E-state index contributed by atoms with van der Waals surface area (Å²) < 4.78 is 6.24. The maximum absolute atomic E-state index is 6.24. The first kappa shape index (κ1) is 28.6. The van der Waals surface area contributed by atoms with Gasteiger partial charge in [-0.25, -0.2) is 0 Å². The molecule has 2 aliphatic carbocycles. The average Bonchev–Trinajstić information content (AvgIpc) is 3.56. The average molecular weight is 620 g/mol. The van der Waals surface area contributed by atoms with Crippen molar-refractivity contribution >= 4 is 45.0 Å². The maximum Gasteiger partial charge on any atom is 0.135 e. The quantitative estimate of drug-likeness (QED) is 0.184. The van der Waals surface area contributed by atoms with Gasteiger partial charge in [0.1, 0.15) is 11.2 Å². The fraction of sp³-hybridized carbons (Fsp3) is 0.130. The summed E-state index contributed by atoms with van der Waals surface area (Å²) in [6, 6.07) is 53.1. The Morgan fingerprint density at radius 3 is 2.15 bits per heavy atom. The second-order valence-electron chi connectivity index (χ2n) is 13.1. The number of allylic oxidation sites excluding steroid dienone is 2. The van der Waals surface area contributed by atoms with Gasteiger partial charge >= 0.3 is 0 Å². The lowest BCUT2D eigenvalue weighted by Gasteiger charge is -2.37. The number of rotatable bonds is 6. The number of para-hydroxylation sites is 2. The van der Waals surface area contributed by atoms with Crippen LogP contribution in [0.5, 0.6) is 0 Å². The summed E-state index contributed by atoms with van der Waals surface area (Å²) in [5, 5.41) is 2.47. The van der Waals surface area contributed by atoms with Crippen molar-refractivity contribution < 1.29 is 4.42 Å². The zero-order valence-electron chi connectivity index (χ0n) is 26.9. The van der Waals surface area contributed by atoms with Gasteiger partial charge in [-0.05, 0) is 89.4 Å². The first-order valence-electron chi connectivity index (χ1n) is 17.2. The molecule has 0 saturated carbocycles. The highest BCUT2D eigenvalue weighted by atomic mass is 16.3. The van der Waals surface area contributed by atoms with Crippen LogP contribution in [0.15, 0.2) is 162 Å². The first-order valence-corrected chi connectivity index (χ1v) is 17.2. The molecule has 2 aliphatic rings. The number of furan rings is 1. The minimum Gasteiger partial charge on any atom is -0.456 e. The van der Waals surface area contributed by atoms with Gasteiger partial charge < -0.3 is 9.32 Å². The molecule has 0 saturated heterocycles. The molecule has 232 valence electrons. The van der Waals surface area contributed by atoms with Crippen LogP contribution in [0, 0.1) is 0 Å². The molecule has 2 nitrogen and oxygen atoms in total. The van der Waals surface area contributed by atoms with Crippen LogP contribution < -0.4 is 4.90 Å². The molecule has 0 bridgehead atoms. The molecule has 0 N–H and O–H groups in total. The normalized spacial score (nSPS) is 17.3. The summed E-state index contributed by atoms with van der Waals surface area (Å²) >= 11 is 0. The third-order valence-electron chi connectivity index (χ3n) is 10.4. The van der Waals surface area contributed by atoms with Crippen molar-refractivity contribution in [3.63, 3.8) is 0 Å². The molecule has 1 aromatic heterocycles. The Hall–Kier alpha value is -5.60. The molecule has 6 aromatic carbocycles. The van der Waals surface area contributed by atoms with Gasteiger partial charge in [0.25, 0.3) is 0 Å². The van der Waals surface area contributed by atoms with Crippen LogP contribution in [-0.2, 0) is 6.42 Å². The smallest absolute Gasteiger partial charge is 0.135 e. The second kappa shape index (κ2) is 12.2. The molecule has 9 rings (SSSR count). The van der Waals surface area contributed by atoms with Gasteiger partial charge in [-0.15, -0.1) is 0 Å². The van der Waals surface area contributed by atoms with Crippen molar-refractivity contribution in [3.05, 3.63) is 180 Å². The Balaban J connectivity index is 1.07. The minimum atomic E-state index is 0.307. The summed E-state index contributed by atoms with van der Waals surface area (Å²) in [5.41, 5.74) is 13.8. The van der Waals surface area contributed by atoms with Crippen molar-refractivity contribution in [2.75, 3.05) is 4.90 Å². The van der Waals surface area contributed by atoms with Crippen LogP contribution in [0.25, 0.3) is 44.7 Å². The lowest BCUT2D eigenvalue weighted by Crippen LogP contribution is -2.32. The van der Waals surface area contributed by atoms with E-state index < -0.39 is 0 Å². The van der Waals surface area contributed by atoms with E-state index in [1.54, 1.807) is 0 Å². The highest BCUT2D eigenvalue weighted by molar-refractivity contribution is 6.08. The molecule has 2 atom stereocenters. The van der Waals surface area contributed by atoms with Gasteiger partial charge in [0.15, 0.2) is 0 Å². The van der Waals surface area contributed by atoms with Gasteiger partial charge in [0.2, 0.25) is 0 Å². The number of hydrogen-bond acceptors (Lipinski definition) is 2. The number of nitrogens with zero attached hydrogens (tertiary/aromatic N) is 1. The van der Waals surface area contributed by atoms with Crippen molar-refractivity contribution in [2.24, 2.45) is 0 Å². The highest BCUT2D eigenvalue weighted by Crippen LogP contribution is 2.43. The van der Waals surface area contributed by atoms with E-state index in [9.17, 15) is 0 Å². The topological polar surface area (TPSA) is 16.4 Å². The van der Waals surface area contributed by atoms with Gasteiger partial charge in [0.05, 0.1) is 0 Å². The Bertz CT molecular complexity index is 2290. The Morgan fingerprint density at radius 2 is 1.35 bits per heavy atom. The van der Waals surface area contributed by atoms with Crippen LogP contribution in [0.4, 0.5) is 11.4 Å². The number of anilines is 2. The van der Waals surface area contributed by atoms with E-state index in [1.165, 1.54) is 61.1 Å². The number of benzene rings is 6. The summed E-state index contributed by atoms with van der Waals surface area (Å²) in [4.78, 5) is 2.61. The second-order valence-corrected chi connectivity index (χ2v) is 13.1. The fourth-order valence-electron chi connectivity index (χ4n) is 7.96. The number of hydrogen-bond donors (Lipinski definition) is 0. The fourth-order valence-corrected chi connectivity index (χ4v) is 7.96. The van der Waals surface area contributed by atoms with Crippen molar-refractivity contribution in [2.45, 2.75) is 37.6 Å². The lowest BCUT2D eigenvalue weighted by atomic mass is 9.83. The summed E-state index contributed by atoms with van der Waals surface area (Å²) in [5.74, 6) is 0.307. The summed E-state index contributed by atoms with van der Waals surface area (Å²) in [6.45, 7) is 0. The third-order valence-corrected chi connectivity index (χ3v) is 10.4. The third kappa shape index (κ3) is 5.15. The van der Waals surface area contributed by atoms with Gasteiger partial charge in [0, 0.05) is 39.7 Å². The predicted molar refractivity (Wildman–Crippen MR) is 202 cm³/mol. The Kier molecular flexibility index (Phi) is 7.28. The molecule has 2 heteroatoms. The monoisotopic (exact) mass is 619 g/mol. The zero-order chi connectivity index (χ0) is 31.9. The Labute approximate surface area is 282 Å².